The molecule has 2 aromatic carbocycles. The number of carbonyl (C=O) groups excluding carboxylic acids is 3. The van der Waals surface area contributed by atoms with E-state index in [1.165, 1.54) is 12.1 Å². The molecule has 8 heteroatoms. The van der Waals surface area contributed by atoms with E-state index in [9.17, 15) is 14.4 Å². The first kappa shape index (κ1) is 16.8. The van der Waals surface area contributed by atoms with Crippen LogP contribution in [0.2, 0.25) is 15.1 Å². The lowest BCUT2D eigenvalue weighted by atomic mass is 10.1. The molecule has 1 aliphatic rings. The highest BCUT2D eigenvalue weighted by atomic mass is 35.5. The van der Waals surface area contributed by atoms with Crippen molar-refractivity contribution in [3.63, 3.8) is 0 Å². The molecule has 0 aliphatic carbocycles. The standard InChI is InChI=1S/C16H9Cl3N2O3/c17-8-5-11(18)14(12(19)6-8)20-13(22)7-21-15(23)9-3-1-2-4-10(9)16(21)24/h1-6H,7H2,(H,20,22). The summed E-state index contributed by atoms with van der Waals surface area (Å²) >= 11 is 17.8. The molecule has 0 fully saturated rings. The molecule has 0 spiro atoms. The zero-order valence-corrected chi connectivity index (χ0v) is 14.2. The van der Waals surface area contributed by atoms with E-state index in [4.69, 9.17) is 34.8 Å². The third-order valence-electron chi connectivity index (χ3n) is 3.45. The number of halogens is 3. The summed E-state index contributed by atoms with van der Waals surface area (Å²) in [5.41, 5.74) is 0.722. The Labute approximate surface area is 152 Å². The van der Waals surface area contributed by atoms with Gasteiger partial charge in [0.25, 0.3) is 11.8 Å². The monoisotopic (exact) mass is 382 g/mol. The minimum absolute atomic E-state index is 0.156. The predicted molar refractivity (Wildman–Crippen MR) is 91.9 cm³/mol. The van der Waals surface area contributed by atoms with Gasteiger partial charge in [-0.15, -0.1) is 0 Å². The maximum Gasteiger partial charge on any atom is 0.262 e. The highest BCUT2D eigenvalue weighted by Crippen LogP contribution is 2.33. The third kappa shape index (κ3) is 2.98. The van der Waals surface area contributed by atoms with Gasteiger partial charge in [-0.05, 0) is 24.3 Å². The minimum atomic E-state index is -0.601. The van der Waals surface area contributed by atoms with E-state index in [-0.39, 0.29) is 26.9 Å². The Hall–Kier alpha value is -2.08. The topological polar surface area (TPSA) is 66.5 Å². The number of nitrogens with zero attached hydrogens (tertiary/aromatic N) is 1. The van der Waals surface area contributed by atoms with Crippen molar-refractivity contribution in [3.05, 3.63) is 62.6 Å². The smallest absolute Gasteiger partial charge is 0.262 e. The lowest BCUT2D eigenvalue weighted by Crippen LogP contribution is -2.37. The van der Waals surface area contributed by atoms with Crippen molar-refractivity contribution in [2.75, 3.05) is 11.9 Å². The lowest BCUT2D eigenvalue weighted by Gasteiger charge is -2.15. The number of carbonyl (C=O) groups is 3. The Morgan fingerprint density at radius 1 is 0.958 bits per heavy atom. The number of amides is 3. The normalized spacial score (nSPS) is 13.2. The van der Waals surface area contributed by atoms with Gasteiger partial charge in [0.05, 0.1) is 26.9 Å². The molecule has 0 unspecified atom stereocenters. The fraction of sp³-hybridized carbons (Fsp3) is 0.0625. The van der Waals surface area contributed by atoms with Crippen LogP contribution < -0.4 is 5.32 Å². The molecule has 1 aliphatic heterocycles. The predicted octanol–water partition coefficient (Wildman–Crippen LogP) is 3.88. The summed E-state index contributed by atoms with van der Waals surface area (Å²) in [6.45, 7) is -0.443. The van der Waals surface area contributed by atoms with Gasteiger partial charge in [-0.25, -0.2) is 0 Å². The van der Waals surface area contributed by atoms with Crippen molar-refractivity contribution < 1.29 is 14.4 Å². The summed E-state index contributed by atoms with van der Waals surface area (Å²) in [5.74, 6) is -1.63. The van der Waals surface area contributed by atoms with Crippen molar-refractivity contribution in [2.24, 2.45) is 0 Å². The summed E-state index contributed by atoms with van der Waals surface area (Å²) in [5, 5.41) is 3.13. The second-order valence-corrected chi connectivity index (χ2v) is 6.29. The molecule has 24 heavy (non-hydrogen) atoms. The fourth-order valence-electron chi connectivity index (χ4n) is 2.37. The van der Waals surface area contributed by atoms with E-state index in [1.54, 1.807) is 24.3 Å². The van der Waals surface area contributed by atoms with Crippen LogP contribution in [0.1, 0.15) is 20.7 Å². The van der Waals surface area contributed by atoms with Crippen molar-refractivity contribution in [1.82, 2.24) is 4.90 Å². The van der Waals surface area contributed by atoms with Gasteiger partial charge < -0.3 is 5.32 Å². The number of hydrogen-bond donors (Lipinski definition) is 1. The van der Waals surface area contributed by atoms with Crippen LogP contribution in [0.25, 0.3) is 0 Å². The highest BCUT2D eigenvalue weighted by Gasteiger charge is 2.36. The maximum atomic E-state index is 12.2. The average molecular weight is 384 g/mol. The molecule has 0 aromatic heterocycles. The highest BCUT2D eigenvalue weighted by molar-refractivity contribution is 6.42. The van der Waals surface area contributed by atoms with Crippen LogP contribution in [0.3, 0.4) is 0 Å². The summed E-state index contributed by atoms with van der Waals surface area (Å²) in [6.07, 6.45) is 0. The largest absolute Gasteiger partial charge is 0.322 e. The molecule has 0 bridgehead atoms. The summed E-state index contributed by atoms with van der Waals surface area (Å²) < 4.78 is 0. The molecular weight excluding hydrogens is 375 g/mol. The molecule has 3 rings (SSSR count). The molecular formula is C16H9Cl3N2O3. The number of hydrogen-bond acceptors (Lipinski definition) is 3. The van der Waals surface area contributed by atoms with E-state index in [2.05, 4.69) is 5.32 Å². The molecule has 3 amide bonds. The average Bonchev–Trinajstić information content (AvgIpc) is 2.76. The van der Waals surface area contributed by atoms with Crippen LogP contribution in [0, 0.1) is 0 Å². The molecule has 0 saturated carbocycles. The van der Waals surface area contributed by atoms with Gasteiger partial charge in [0, 0.05) is 5.02 Å². The minimum Gasteiger partial charge on any atom is -0.322 e. The van der Waals surface area contributed by atoms with Crippen LogP contribution in [0.5, 0.6) is 0 Å². The van der Waals surface area contributed by atoms with E-state index in [1.807, 2.05) is 0 Å². The number of nitrogens with one attached hydrogen (secondary N) is 1. The van der Waals surface area contributed by atoms with Gasteiger partial charge >= 0.3 is 0 Å². The Morgan fingerprint density at radius 3 is 1.96 bits per heavy atom. The first-order valence-corrected chi connectivity index (χ1v) is 7.91. The van der Waals surface area contributed by atoms with Crippen LogP contribution in [-0.4, -0.2) is 29.2 Å². The summed E-state index contributed by atoms with van der Waals surface area (Å²) in [4.78, 5) is 37.5. The maximum absolute atomic E-state index is 12.2. The third-order valence-corrected chi connectivity index (χ3v) is 4.27. The molecule has 2 aromatic rings. The number of fused-ring (bicyclic) bond motifs is 1. The Bertz CT molecular complexity index is 825. The lowest BCUT2D eigenvalue weighted by molar-refractivity contribution is -0.116. The van der Waals surface area contributed by atoms with Crippen molar-refractivity contribution >= 4 is 58.2 Å². The fourth-order valence-corrected chi connectivity index (χ4v) is 3.28. The van der Waals surface area contributed by atoms with Crippen LogP contribution in [-0.2, 0) is 4.79 Å². The first-order valence-electron chi connectivity index (χ1n) is 6.78. The van der Waals surface area contributed by atoms with Crippen molar-refractivity contribution in [3.8, 4) is 0 Å². The van der Waals surface area contributed by atoms with Crippen molar-refractivity contribution in [1.29, 1.82) is 0 Å². The van der Waals surface area contributed by atoms with Gasteiger partial charge in [0.15, 0.2) is 0 Å². The van der Waals surface area contributed by atoms with Gasteiger partial charge in [-0.1, -0.05) is 46.9 Å². The quantitative estimate of drug-likeness (QED) is 0.818. The number of benzene rings is 2. The molecule has 1 heterocycles. The van der Waals surface area contributed by atoms with E-state index < -0.39 is 24.3 Å². The number of imide groups is 1. The second-order valence-electron chi connectivity index (χ2n) is 5.03. The summed E-state index contributed by atoms with van der Waals surface area (Å²) in [6, 6.07) is 9.24. The SMILES string of the molecule is O=C(CN1C(=O)c2ccccc2C1=O)Nc1c(Cl)cc(Cl)cc1Cl. The molecule has 0 radical (unpaired) electrons. The van der Waals surface area contributed by atoms with Crippen molar-refractivity contribution in [2.45, 2.75) is 0 Å². The second kappa shape index (κ2) is 6.43. The van der Waals surface area contributed by atoms with E-state index in [0.717, 1.165) is 4.90 Å². The van der Waals surface area contributed by atoms with Gasteiger partial charge in [-0.3, -0.25) is 19.3 Å². The molecule has 0 atom stereocenters. The molecule has 0 saturated heterocycles. The number of anilines is 1. The number of rotatable bonds is 3. The van der Waals surface area contributed by atoms with Gasteiger partial charge in [0.2, 0.25) is 5.91 Å². The van der Waals surface area contributed by atoms with Gasteiger partial charge in [-0.2, -0.15) is 0 Å². The zero-order valence-electron chi connectivity index (χ0n) is 12.0. The molecule has 122 valence electrons. The first-order chi connectivity index (χ1) is 11.4. The zero-order chi connectivity index (χ0) is 17.4. The van der Waals surface area contributed by atoms with Crippen LogP contribution >= 0.6 is 34.8 Å². The van der Waals surface area contributed by atoms with E-state index in [0.29, 0.717) is 5.02 Å². The Balaban J connectivity index is 1.78. The van der Waals surface area contributed by atoms with Crippen LogP contribution in [0.15, 0.2) is 36.4 Å². The van der Waals surface area contributed by atoms with E-state index >= 15 is 0 Å². The van der Waals surface area contributed by atoms with Crippen LogP contribution in [0.4, 0.5) is 5.69 Å². The Morgan fingerprint density at radius 2 is 1.46 bits per heavy atom. The molecule has 5 nitrogen and oxygen atoms in total. The Kier molecular flexibility index (Phi) is 4.49. The van der Waals surface area contributed by atoms with Gasteiger partial charge in [0.1, 0.15) is 6.54 Å². The molecule has 1 N–H and O–H groups in total. The summed E-state index contributed by atoms with van der Waals surface area (Å²) in [7, 11) is 0.